The summed E-state index contributed by atoms with van der Waals surface area (Å²) in [6.07, 6.45) is 4.74. The van der Waals surface area contributed by atoms with Crippen LogP contribution in [0, 0.1) is 17.7 Å². The Labute approximate surface area is 460 Å². The Morgan fingerprint density at radius 3 is 1.97 bits per heavy atom. The van der Waals surface area contributed by atoms with Crippen molar-refractivity contribution in [3.8, 4) is 17.6 Å². The number of aliphatic carboxylic acids is 4. The summed E-state index contributed by atoms with van der Waals surface area (Å²) in [5.41, 5.74) is 4.04. The van der Waals surface area contributed by atoms with Crippen LogP contribution in [0.2, 0.25) is 0 Å². The van der Waals surface area contributed by atoms with E-state index in [2.05, 4.69) is 38.4 Å². The Morgan fingerprint density at radius 2 is 1.37 bits per heavy atom. The highest BCUT2D eigenvalue weighted by Crippen LogP contribution is 2.31. The van der Waals surface area contributed by atoms with Crippen LogP contribution < -0.4 is 31.3 Å². The summed E-state index contributed by atoms with van der Waals surface area (Å²) in [4.78, 5) is 97.2. The van der Waals surface area contributed by atoms with E-state index in [0.717, 1.165) is 54.5 Å². The van der Waals surface area contributed by atoms with E-state index in [4.69, 9.17) is 20.1 Å². The maximum atomic E-state index is 13.3. The standard InChI is InChI=1S/C40H47FN5O4P.C15H24N4O9/c1-42-23-7-2-3-8-24-43-38(47)37(46-40(48)45-35-21-19-34(41)20-22-35)27-32-15-9-14-30(26-32)16-11-25-50-36-18-10-17-33(28-36)39(51-49)44-29-31-12-5-4-6-13-31;20-3-1-2-11(15(27)28)19-9-17(5-13(23)24)7-16(4-12(21)22)8-18(10-19)6-14(25)26/h4-6,9-10,12-15,17-22,26,28,37,39,42,44,49,51H,2-3,7-8,23-25,27,29H2,1H3,(H,43,47)(H2,45,46,48);3,11H,1-2,4-10H2,(H,21,22)(H,23,24)(H,25,26)(H,27,28). The molecule has 24 heteroatoms. The summed E-state index contributed by atoms with van der Waals surface area (Å²) < 4.78 is 19.3. The quantitative estimate of drug-likeness (QED) is 0.0153. The number of benzene rings is 4. The van der Waals surface area contributed by atoms with E-state index in [0.29, 0.717) is 30.8 Å². The van der Waals surface area contributed by atoms with Gasteiger partial charge in [-0.1, -0.05) is 79.3 Å². The Balaban J connectivity index is 0.000000406. The lowest BCUT2D eigenvalue weighted by Gasteiger charge is -2.42. The van der Waals surface area contributed by atoms with Gasteiger partial charge in [0.2, 0.25) is 5.91 Å². The lowest BCUT2D eigenvalue weighted by Crippen LogP contribution is -2.60. The fraction of sp³-hybridized carbons (Fsp3) is 0.400. The first kappa shape index (κ1) is 64.1. The molecule has 1 aliphatic heterocycles. The Kier molecular flexibility index (Phi) is 29.2. The number of aldehydes is 1. The second kappa shape index (κ2) is 35.9. The van der Waals surface area contributed by atoms with E-state index in [-0.39, 0.29) is 73.0 Å². The van der Waals surface area contributed by atoms with Crippen molar-refractivity contribution in [2.75, 3.05) is 78.4 Å². The first-order valence-electron chi connectivity index (χ1n) is 25.5. The van der Waals surface area contributed by atoms with Crippen LogP contribution in [0.25, 0.3) is 0 Å². The largest absolute Gasteiger partial charge is 0.481 e. The Hall–Kier alpha value is -7.39. The predicted molar refractivity (Wildman–Crippen MR) is 294 cm³/mol. The van der Waals surface area contributed by atoms with Crippen LogP contribution in [-0.2, 0) is 41.7 Å². The lowest BCUT2D eigenvalue weighted by molar-refractivity contribution is -0.151. The van der Waals surface area contributed by atoms with Gasteiger partial charge in [0.25, 0.3) is 0 Å². The van der Waals surface area contributed by atoms with Crippen LogP contribution in [0.5, 0.6) is 5.75 Å². The van der Waals surface area contributed by atoms with Gasteiger partial charge in [-0.25, -0.2) is 9.18 Å². The molecule has 0 bridgehead atoms. The molecule has 5 rings (SSSR count). The molecule has 1 fully saturated rings. The number of nitrogens with zero attached hydrogens (tertiary/aromatic N) is 4. The summed E-state index contributed by atoms with van der Waals surface area (Å²) in [7, 11) is 1.61. The lowest BCUT2D eigenvalue weighted by atomic mass is 10.0. The average Bonchev–Trinajstić information content (AvgIpc) is 3.41. The number of carbonyl (C=O) groups excluding carboxylic acids is 3. The number of nitrogens with one attached hydrogen (secondary N) is 5. The number of anilines is 1. The number of unbranched alkanes of at least 4 members (excludes halogenated alkanes) is 3. The molecule has 0 spiro atoms. The van der Waals surface area contributed by atoms with Crippen molar-refractivity contribution in [3.05, 3.63) is 131 Å². The molecular weight excluding hydrogens is 1040 g/mol. The molecule has 1 saturated heterocycles. The number of urea groups is 1. The van der Waals surface area contributed by atoms with E-state index >= 15 is 0 Å². The van der Waals surface area contributed by atoms with Crippen molar-refractivity contribution in [2.45, 2.75) is 69.4 Å². The van der Waals surface area contributed by atoms with Crippen LogP contribution in [0.4, 0.5) is 14.9 Å². The van der Waals surface area contributed by atoms with Crippen LogP contribution in [0.3, 0.4) is 0 Å². The molecule has 0 radical (unpaired) electrons. The van der Waals surface area contributed by atoms with Crippen molar-refractivity contribution in [1.82, 2.24) is 40.9 Å². The first-order chi connectivity index (χ1) is 38.0. The van der Waals surface area contributed by atoms with E-state index in [1.165, 1.54) is 43.9 Å². The molecule has 79 heavy (non-hydrogen) atoms. The zero-order valence-electron chi connectivity index (χ0n) is 44.0. The minimum atomic E-state index is -1.23. The van der Waals surface area contributed by atoms with Gasteiger partial charge in [-0.05, 0) is 98.1 Å². The molecule has 3 amide bonds. The number of carbonyl (C=O) groups is 7. The molecule has 1 heterocycles. The number of rotatable bonds is 30. The predicted octanol–water partition coefficient (Wildman–Crippen LogP) is 3.98. The third-order valence-electron chi connectivity index (χ3n) is 11.9. The van der Waals surface area contributed by atoms with E-state index in [9.17, 15) is 48.0 Å². The Morgan fingerprint density at radius 1 is 0.747 bits per heavy atom. The first-order valence-corrected chi connectivity index (χ1v) is 26.5. The number of halogens is 1. The van der Waals surface area contributed by atoms with Crippen LogP contribution >= 0.6 is 8.81 Å². The number of hydrogen-bond donors (Lipinski definition) is 10. The monoisotopic (exact) mass is 1120 g/mol. The highest BCUT2D eigenvalue weighted by Gasteiger charge is 2.33. The molecule has 4 atom stereocenters. The topological polar surface area (TPSA) is 303 Å². The van der Waals surface area contributed by atoms with Crippen molar-refractivity contribution in [3.63, 3.8) is 0 Å². The van der Waals surface area contributed by atoms with Crippen LogP contribution in [0.15, 0.2) is 103 Å². The normalized spacial score (nSPS) is 14.4. The van der Waals surface area contributed by atoms with Gasteiger partial charge < -0.3 is 61.4 Å². The van der Waals surface area contributed by atoms with Crippen LogP contribution in [0.1, 0.15) is 66.6 Å². The second-order valence-electron chi connectivity index (χ2n) is 18.4. The number of carboxylic acid groups (broad SMARTS) is 4. The zero-order chi connectivity index (χ0) is 57.4. The molecule has 22 nitrogen and oxygen atoms in total. The van der Waals surface area contributed by atoms with Crippen molar-refractivity contribution >= 4 is 56.6 Å². The number of amides is 3. The third kappa shape index (κ3) is 25.8. The maximum Gasteiger partial charge on any atom is 0.321 e. The van der Waals surface area contributed by atoms with Crippen molar-refractivity contribution in [2.24, 2.45) is 0 Å². The summed E-state index contributed by atoms with van der Waals surface area (Å²) in [5, 5.41) is 51.7. The minimum Gasteiger partial charge on any atom is -0.481 e. The number of hydrogen-bond acceptors (Lipinski definition) is 15. The van der Waals surface area contributed by atoms with Gasteiger partial charge in [0.1, 0.15) is 36.5 Å². The summed E-state index contributed by atoms with van der Waals surface area (Å²) in [6.45, 7) is 0.330. The molecule has 10 N–H and O–H groups in total. The molecule has 0 saturated carbocycles. The molecule has 0 aliphatic carbocycles. The van der Waals surface area contributed by atoms with Gasteiger partial charge in [-0.3, -0.25) is 43.6 Å². The second-order valence-corrected chi connectivity index (χ2v) is 19.2. The highest BCUT2D eigenvalue weighted by molar-refractivity contribution is 7.31. The van der Waals surface area contributed by atoms with E-state index in [1.54, 1.807) is 0 Å². The number of carboxylic acids is 4. The van der Waals surface area contributed by atoms with Gasteiger partial charge in [-0.15, -0.1) is 0 Å². The number of ether oxygens (including phenoxy) is 1. The molecular formula is C55H71FN9O13P. The van der Waals surface area contributed by atoms with E-state index < -0.39 is 67.4 Å². The molecule has 4 aromatic rings. The maximum absolute atomic E-state index is 13.3. The van der Waals surface area contributed by atoms with E-state index in [1.807, 2.05) is 85.9 Å². The highest BCUT2D eigenvalue weighted by atomic mass is 31.1. The minimum absolute atomic E-state index is 0.0283. The summed E-state index contributed by atoms with van der Waals surface area (Å²) in [6, 6.07) is 28.0. The molecule has 4 unspecified atom stereocenters. The molecule has 4 aromatic carbocycles. The molecule has 1 aliphatic rings. The van der Waals surface area contributed by atoms with Gasteiger partial charge in [0, 0.05) is 46.0 Å². The Bertz CT molecular complexity index is 2600. The smallest absolute Gasteiger partial charge is 0.321 e. The summed E-state index contributed by atoms with van der Waals surface area (Å²) in [5.74, 6) is 1.15. The molecule has 426 valence electrons. The summed E-state index contributed by atoms with van der Waals surface area (Å²) >= 11 is 0. The SMILES string of the molecule is CNCCCCCCNC(=O)C(Cc1cccc(C#CCOc2cccc(C(NCc3ccccc3)PO)c2)c1)NC(=O)Nc1ccc(F)cc1.O=CCCC(C(=O)O)N1CN(CC(=O)O)CN(CC(=O)O)CN(CC(=O)O)C1. The molecule has 0 aromatic heterocycles. The zero-order valence-corrected chi connectivity index (χ0v) is 45.0. The fourth-order valence-corrected chi connectivity index (χ4v) is 8.83. The van der Waals surface area contributed by atoms with Gasteiger partial charge in [0.15, 0.2) is 0 Å². The fourth-order valence-electron chi connectivity index (χ4n) is 8.31. The van der Waals surface area contributed by atoms with Gasteiger partial charge >= 0.3 is 29.9 Å². The average molecular weight is 1120 g/mol. The van der Waals surface area contributed by atoms with Crippen molar-refractivity contribution in [1.29, 1.82) is 0 Å². The van der Waals surface area contributed by atoms with Gasteiger partial charge in [-0.2, -0.15) is 0 Å². The van der Waals surface area contributed by atoms with Crippen LogP contribution in [-0.4, -0.2) is 172 Å². The van der Waals surface area contributed by atoms with Gasteiger partial charge in [0.05, 0.1) is 52.1 Å². The van der Waals surface area contributed by atoms with Crippen molar-refractivity contribution < 1.29 is 68.0 Å². The third-order valence-corrected chi connectivity index (χ3v) is 12.7.